The maximum absolute atomic E-state index is 13.9. The number of nitrogens with zero attached hydrogens (tertiary/aromatic N) is 2. The second-order valence-corrected chi connectivity index (χ2v) is 9.32. The van der Waals surface area contributed by atoms with Crippen LogP contribution < -0.4 is 24.5 Å². The van der Waals surface area contributed by atoms with E-state index in [2.05, 4.69) is 4.98 Å². The lowest BCUT2D eigenvalue weighted by molar-refractivity contribution is 0.0971. The van der Waals surface area contributed by atoms with Gasteiger partial charge in [-0.25, -0.2) is 9.37 Å². The lowest BCUT2D eigenvalue weighted by atomic mass is 9.98. The Labute approximate surface area is 213 Å². The predicted octanol–water partition coefficient (Wildman–Crippen LogP) is 5.32. The number of hydrogen-bond acceptors (Lipinski definition) is 8. The van der Waals surface area contributed by atoms with Crippen LogP contribution in [0.5, 0.6) is 17.2 Å². The van der Waals surface area contributed by atoms with Crippen LogP contribution >= 0.6 is 11.3 Å². The second-order valence-electron chi connectivity index (χ2n) is 8.31. The number of halogens is 1. The van der Waals surface area contributed by atoms with Crippen LogP contribution in [0, 0.1) is 5.82 Å². The zero-order valence-corrected chi connectivity index (χ0v) is 20.7. The summed E-state index contributed by atoms with van der Waals surface area (Å²) in [6.07, 6.45) is 0. The summed E-state index contributed by atoms with van der Waals surface area (Å²) < 4.78 is 37.0. The number of thiazole rings is 1. The van der Waals surface area contributed by atoms with E-state index in [9.17, 15) is 14.0 Å². The van der Waals surface area contributed by atoms with E-state index in [-0.39, 0.29) is 16.8 Å². The Morgan fingerprint density at radius 3 is 2.41 bits per heavy atom. The second kappa shape index (κ2) is 8.59. The molecule has 186 valence electrons. The SMILES string of the molecule is COc1cc(C2c3c(oc4ccccc4c3=O)C(=O)N2c2nc3ccc(F)cc3s2)cc(OC)c1OC. The summed E-state index contributed by atoms with van der Waals surface area (Å²) in [6, 6.07) is 13.4. The van der Waals surface area contributed by atoms with Gasteiger partial charge in [0.1, 0.15) is 11.4 Å². The molecule has 2 aromatic heterocycles. The standard InChI is InChI=1S/C27H19FN2O6S/c1-33-18-10-13(11-19(34-2)24(18)35-3)22-21-23(31)15-6-4-5-7-17(15)36-25(21)26(32)30(22)27-29-16-9-8-14(28)12-20(16)37-27/h4-12,22H,1-3H3. The zero-order valence-electron chi connectivity index (χ0n) is 19.9. The molecular formula is C27H19FN2O6S. The molecule has 0 fully saturated rings. The third-order valence-electron chi connectivity index (χ3n) is 6.33. The first kappa shape index (κ1) is 23.0. The maximum Gasteiger partial charge on any atom is 0.297 e. The minimum absolute atomic E-state index is 0.0760. The zero-order chi connectivity index (χ0) is 25.8. The van der Waals surface area contributed by atoms with Gasteiger partial charge in [0.15, 0.2) is 22.1 Å². The highest BCUT2D eigenvalue weighted by molar-refractivity contribution is 7.22. The number of fused-ring (bicyclic) bond motifs is 3. The normalized spacial score (nSPS) is 14.9. The van der Waals surface area contributed by atoms with Crippen LogP contribution in [-0.2, 0) is 0 Å². The fourth-order valence-corrected chi connectivity index (χ4v) is 5.70. The van der Waals surface area contributed by atoms with Crippen LogP contribution in [0.2, 0.25) is 0 Å². The number of benzene rings is 3. The van der Waals surface area contributed by atoms with E-state index >= 15 is 0 Å². The van der Waals surface area contributed by atoms with Crippen molar-refractivity contribution in [1.82, 2.24) is 4.98 Å². The topological polar surface area (TPSA) is 91.1 Å². The molecule has 1 aliphatic rings. The van der Waals surface area contributed by atoms with Crippen LogP contribution in [0.4, 0.5) is 9.52 Å². The summed E-state index contributed by atoms with van der Waals surface area (Å²) in [5.41, 5.74) is 1.19. The van der Waals surface area contributed by atoms with Crippen molar-refractivity contribution in [2.45, 2.75) is 6.04 Å². The highest BCUT2D eigenvalue weighted by Gasteiger charge is 2.45. The number of methoxy groups -OCH3 is 3. The van der Waals surface area contributed by atoms with Gasteiger partial charge < -0.3 is 18.6 Å². The minimum Gasteiger partial charge on any atom is -0.493 e. The van der Waals surface area contributed by atoms with Crippen LogP contribution in [0.15, 0.2) is 63.8 Å². The number of hydrogen-bond donors (Lipinski definition) is 0. The van der Waals surface area contributed by atoms with E-state index in [1.807, 2.05) is 0 Å². The number of para-hydroxylation sites is 1. The Balaban J connectivity index is 1.66. The van der Waals surface area contributed by atoms with Gasteiger partial charge >= 0.3 is 0 Å². The van der Waals surface area contributed by atoms with Crippen molar-refractivity contribution in [3.8, 4) is 17.2 Å². The Morgan fingerprint density at radius 1 is 0.973 bits per heavy atom. The summed E-state index contributed by atoms with van der Waals surface area (Å²) in [6.45, 7) is 0. The number of carbonyl (C=O) groups excluding carboxylic acids is 1. The van der Waals surface area contributed by atoms with Gasteiger partial charge in [0.2, 0.25) is 11.5 Å². The summed E-state index contributed by atoms with van der Waals surface area (Å²) in [7, 11) is 4.45. The van der Waals surface area contributed by atoms with Crippen molar-refractivity contribution in [1.29, 1.82) is 0 Å². The lowest BCUT2D eigenvalue weighted by Crippen LogP contribution is -2.29. The van der Waals surface area contributed by atoms with Crippen LogP contribution in [0.3, 0.4) is 0 Å². The molecule has 37 heavy (non-hydrogen) atoms. The van der Waals surface area contributed by atoms with Gasteiger partial charge in [0.05, 0.1) is 48.5 Å². The summed E-state index contributed by atoms with van der Waals surface area (Å²) >= 11 is 1.14. The summed E-state index contributed by atoms with van der Waals surface area (Å²) in [5, 5.41) is 0.638. The molecule has 0 saturated carbocycles. The molecule has 0 saturated heterocycles. The van der Waals surface area contributed by atoms with Gasteiger partial charge in [-0.3, -0.25) is 14.5 Å². The van der Waals surface area contributed by atoms with Crippen LogP contribution in [-0.4, -0.2) is 32.2 Å². The maximum atomic E-state index is 13.9. The monoisotopic (exact) mass is 518 g/mol. The molecule has 0 bridgehead atoms. The van der Waals surface area contributed by atoms with Crippen molar-refractivity contribution < 1.29 is 27.8 Å². The van der Waals surface area contributed by atoms with Gasteiger partial charge in [0.25, 0.3) is 5.91 Å². The van der Waals surface area contributed by atoms with Crippen LogP contribution in [0.25, 0.3) is 21.2 Å². The van der Waals surface area contributed by atoms with E-state index in [4.69, 9.17) is 18.6 Å². The quantitative estimate of drug-likeness (QED) is 0.311. The fourth-order valence-electron chi connectivity index (χ4n) is 4.68. The van der Waals surface area contributed by atoms with E-state index < -0.39 is 17.8 Å². The number of amides is 1. The van der Waals surface area contributed by atoms with Gasteiger partial charge in [-0.2, -0.15) is 0 Å². The third-order valence-corrected chi connectivity index (χ3v) is 7.34. The number of anilines is 1. The number of ether oxygens (including phenoxy) is 3. The lowest BCUT2D eigenvalue weighted by Gasteiger charge is -2.24. The van der Waals surface area contributed by atoms with Crippen molar-refractivity contribution in [3.63, 3.8) is 0 Å². The molecule has 3 aromatic carbocycles. The summed E-state index contributed by atoms with van der Waals surface area (Å²) in [5.74, 6) is 0.0568. The van der Waals surface area contributed by atoms with E-state index in [1.54, 1.807) is 42.5 Å². The molecule has 1 amide bonds. The minimum atomic E-state index is -0.914. The summed E-state index contributed by atoms with van der Waals surface area (Å²) in [4.78, 5) is 33.6. The van der Waals surface area contributed by atoms with Crippen LogP contribution in [0.1, 0.15) is 27.7 Å². The average Bonchev–Trinajstić information content (AvgIpc) is 3.45. The van der Waals surface area contributed by atoms with E-state index in [0.717, 1.165) is 11.3 Å². The Kier molecular flexibility index (Phi) is 5.34. The molecule has 0 spiro atoms. The highest BCUT2D eigenvalue weighted by Crippen LogP contribution is 2.47. The number of carbonyl (C=O) groups is 1. The molecule has 1 atom stereocenters. The average molecular weight is 519 g/mol. The Morgan fingerprint density at radius 2 is 1.70 bits per heavy atom. The third kappa shape index (κ3) is 3.44. The molecule has 5 aromatic rings. The largest absolute Gasteiger partial charge is 0.493 e. The fraction of sp³-hybridized carbons (Fsp3) is 0.148. The van der Waals surface area contributed by atoms with Gasteiger partial charge in [0, 0.05) is 0 Å². The highest BCUT2D eigenvalue weighted by atomic mass is 32.1. The predicted molar refractivity (Wildman–Crippen MR) is 137 cm³/mol. The van der Waals surface area contributed by atoms with Gasteiger partial charge in [-0.05, 0) is 48.0 Å². The molecule has 0 N–H and O–H groups in total. The van der Waals surface area contributed by atoms with Crippen molar-refractivity contribution in [2.75, 3.05) is 26.2 Å². The molecular weight excluding hydrogens is 499 g/mol. The molecule has 10 heteroatoms. The Hall–Kier alpha value is -4.44. The van der Waals surface area contributed by atoms with E-state index in [0.29, 0.717) is 49.1 Å². The number of rotatable bonds is 5. The van der Waals surface area contributed by atoms with Crippen molar-refractivity contribution in [3.05, 3.63) is 87.5 Å². The van der Waals surface area contributed by atoms with Gasteiger partial charge in [-0.15, -0.1) is 0 Å². The molecule has 8 nitrogen and oxygen atoms in total. The molecule has 3 heterocycles. The first-order valence-corrected chi connectivity index (χ1v) is 12.0. The smallest absolute Gasteiger partial charge is 0.297 e. The molecule has 1 aliphatic heterocycles. The Bertz CT molecular complexity index is 1750. The van der Waals surface area contributed by atoms with Crippen molar-refractivity contribution in [2.24, 2.45) is 0 Å². The first-order chi connectivity index (χ1) is 17.9. The molecule has 0 aliphatic carbocycles. The van der Waals surface area contributed by atoms with Crippen molar-refractivity contribution >= 4 is 43.6 Å². The molecule has 0 radical (unpaired) electrons. The molecule has 6 rings (SSSR count). The van der Waals surface area contributed by atoms with Gasteiger partial charge in [-0.1, -0.05) is 23.5 Å². The molecule has 1 unspecified atom stereocenters. The first-order valence-electron chi connectivity index (χ1n) is 11.2. The van der Waals surface area contributed by atoms with E-state index in [1.165, 1.54) is 38.4 Å². The number of aromatic nitrogens is 1.